The standard InChI is InChI=1S/C14H17N3O/c1-10-8-11(9-15-2)17-14(16-10)12-6-4-5-7-13(12)18-3/h4-8,15H,9H2,1-3H3. The molecular weight excluding hydrogens is 226 g/mol. The van der Waals surface area contributed by atoms with Crippen molar-refractivity contribution in [1.82, 2.24) is 15.3 Å². The highest BCUT2D eigenvalue weighted by atomic mass is 16.5. The SMILES string of the molecule is CNCc1cc(C)nc(-c2ccccc2OC)n1. The first-order valence-electron chi connectivity index (χ1n) is 5.87. The molecule has 0 amide bonds. The molecule has 1 N–H and O–H groups in total. The first-order valence-corrected chi connectivity index (χ1v) is 5.87. The van der Waals surface area contributed by atoms with E-state index in [9.17, 15) is 0 Å². The molecule has 1 heterocycles. The number of methoxy groups -OCH3 is 1. The van der Waals surface area contributed by atoms with Crippen LogP contribution in [-0.2, 0) is 6.54 Å². The average Bonchev–Trinajstić information content (AvgIpc) is 2.38. The van der Waals surface area contributed by atoms with Crippen LogP contribution >= 0.6 is 0 Å². The Morgan fingerprint density at radius 1 is 1.22 bits per heavy atom. The molecule has 2 aromatic rings. The first kappa shape index (κ1) is 12.5. The van der Waals surface area contributed by atoms with E-state index in [1.54, 1.807) is 7.11 Å². The predicted octanol–water partition coefficient (Wildman–Crippen LogP) is 2.18. The molecule has 1 aromatic heterocycles. The monoisotopic (exact) mass is 243 g/mol. The van der Waals surface area contributed by atoms with Crippen LogP contribution in [0.5, 0.6) is 5.75 Å². The lowest BCUT2D eigenvalue weighted by Crippen LogP contribution is -2.08. The zero-order chi connectivity index (χ0) is 13.0. The van der Waals surface area contributed by atoms with Crippen molar-refractivity contribution in [2.24, 2.45) is 0 Å². The minimum absolute atomic E-state index is 0.706. The van der Waals surface area contributed by atoms with E-state index in [2.05, 4.69) is 15.3 Å². The Morgan fingerprint density at radius 2 is 2.00 bits per heavy atom. The molecule has 94 valence electrons. The number of nitrogens with one attached hydrogen (secondary N) is 1. The fourth-order valence-corrected chi connectivity index (χ4v) is 1.86. The van der Waals surface area contributed by atoms with Crippen LogP contribution < -0.4 is 10.1 Å². The molecule has 0 aliphatic carbocycles. The number of aromatic nitrogens is 2. The van der Waals surface area contributed by atoms with Gasteiger partial charge in [-0.3, -0.25) is 0 Å². The number of benzene rings is 1. The van der Waals surface area contributed by atoms with Crippen LogP contribution in [0.2, 0.25) is 0 Å². The topological polar surface area (TPSA) is 47.0 Å². The van der Waals surface area contributed by atoms with Crippen molar-refractivity contribution >= 4 is 0 Å². The molecule has 4 nitrogen and oxygen atoms in total. The van der Waals surface area contributed by atoms with E-state index in [-0.39, 0.29) is 0 Å². The van der Waals surface area contributed by atoms with E-state index in [0.717, 1.165) is 29.2 Å². The Bertz CT molecular complexity index is 540. The van der Waals surface area contributed by atoms with Crippen molar-refractivity contribution in [3.8, 4) is 17.1 Å². The number of rotatable bonds is 4. The zero-order valence-corrected chi connectivity index (χ0v) is 10.9. The molecule has 0 aliphatic heterocycles. The number of hydrogen-bond acceptors (Lipinski definition) is 4. The lowest BCUT2D eigenvalue weighted by molar-refractivity contribution is 0.416. The van der Waals surface area contributed by atoms with Crippen molar-refractivity contribution in [2.45, 2.75) is 13.5 Å². The molecule has 18 heavy (non-hydrogen) atoms. The Hall–Kier alpha value is -1.94. The van der Waals surface area contributed by atoms with Gasteiger partial charge in [0.1, 0.15) is 5.75 Å². The quantitative estimate of drug-likeness (QED) is 0.894. The lowest BCUT2D eigenvalue weighted by Gasteiger charge is -2.09. The number of aryl methyl sites for hydroxylation is 1. The summed E-state index contributed by atoms with van der Waals surface area (Å²) in [6, 6.07) is 9.76. The maximum Gasteiger partial charge on any atom is 0.163 e. The zero-order valence-electron chi connectivity index (χ0n) is 10.9. The summed E-state index contributed by atoms with van der Waals surface area (Å²) >= 11 is 0. The van der Waals surface area contributed by atoms with Gasteiger partial charge >= 0.3 is 0 Å². The third-order valence-electron chi connectivity index (χ3n) is 2.61. The molecule has 0 atom stereocenters. The summed E-state index contributed by atoms with van der Waals surface area (Å²) in [5.74, 6) is 1.50. The van der Waals surface area contributed by atoms with Crippen LogP contribution in [0.1, 0.15) is 11.4 Å². The Labute approximate surface area is 107 Å². The highest BCUT2D eigenvalue weighted by Gasteiger charge is 2.09. The highest BCUT2D eigenvalue weighted by molar-refractivity contribution is 5.64. The van der Waals surface area contributed by atoms with Gasteiger partial charge in [0.25, 0.3) is 0 Å². The molecule has 0 spiro atoms. The van der Waals surface area contributed by atoms with Crippen molar-refractivity contribution in [3.63, 3.8) is 0 Å². The fraction of sp³-hybridized carbons (Fsp3) is 0.286. The number of ether oxygens (including phenoxy) is 1. The number of hydrogen-bond donors (Lipinski definition) is 1. The second kappa shape index (κ2) is 5.60. The largest absolute Gasteiger partial charge is 0.496 e. The van der Waals surface area contributed by atoms with Crippen molar-refractivity contribution in [3.05, 3.63) is 41.7 Å². The maximum atomic E-state index is 5.34. The summed E-state index contributed by atoms with van der Waals surface area (Å²) in [7, 11) is 3.56. The highest BCUT2D eigenvalue weighted by Crippen LogP contribution is 2.26. The molecule has 0 radical (unpaired) electrons. The van der Waals surface area contributed by atoms with Crippen molar-refractivity contribution in [2.75, 3.05) is 14.2 Å². The van der Waals surface area contributed by atoms with Crippen LogP contribution in [0.3, 0.4) is 0 Å². The van der Waals surface area contributed by atoms with E-state index in [4.69, 9.17) is 4.74 Å². The molecule has 2 rings (SSSR count). The van der Waals surface area contributed by atoms with Gasteiger partial charge in [-0.05, 0) is 32.2 Å². The van der Waals surface area contributed by atoms with Crippen LogP contribution in [-0.4, -0.2) is 24.1 Å². The summed E-state index contributed by atoms with van der Waals surface area (Å²) in [4.78, 5) is 9.02. The average molecular weight is 243 g/mol. The number of para-hydroxylation sites is 1. The van der Waals surface area contributed by atoms with E-state index in [1.807, 2.05) is 44.3 Å². The lowest BCUT2D eigenvalue weighted by atomic mass is 10.1. The molecular formula is C14H17N3O. The van der Waals surface area contributed by atoms with E-state index >= 15 is 0 Å². The van der Waals surface area contributed by atoms with E-state index in [0.29, 0.717) is 5.82 Å². The molecule has 0 saturated carbocycles. The Morgan fingerprint density at radius 3 is 2.72 bits per heavy atom. The van der Waals surface area contributed by atoms with Gasteiger partial charge in [-0.15, -0.1) is 0 Å². The summed E-state index contributed by atoms with van der Waals surface area (Å²) in [6.07, 6.45) is 0. The van der Waals surface area contributed by atoms with Crippen LogP contribution in [0, 0.1) is 6.92 Å². The minimum atomic E-state index is 0.706. The molecule has 0 unspecified atom stereocenters. The summed E-state index contributed by atoms with van der Waals surface area (Å²) < 4.78 is 5.34. The van der Waals surface area contributed by atoms with Gasteiger partial charge in [0.05, 0.1) is 18.4 Å². The molecule has 4 heteroatoms. The minimum Gasteiger partial charge on any atom is -0.496 e. The van der Waals surface area contributed by atoms with Gasteiger partial charge in [0, 0.05) is 12.2 Å². The first-order chi connectivity index (χ1) is 8.74. The summed E-state index contributed by atoms with van der Waals surface area (Å²) in [5.41, 5.74) is 2.85. The van der Waals surface area contributed by atoms with E-state index in [1.165, 1.54) is 0 Å². The Kier molecular flexibility index (Phi) is 3.89. The summed E-state index contributed by atoms with van der Waals surface area (Å²) in [6.45, 7) is 2.70. The van der Waals surface area contributed by atoms with Crippen molar-refractivity contribution in [1.29, 1.82) is 0 Å². The Balaban J connectivity index is 2.49. The van der Waals surface area contributed by atoms with Crippen LogP contribution in [0.15, 0.2) is 30.3 Å². The van der Waals surface area contributed by atoms with Gasteiger partial charge in [-0.1, -0.05) is 12.1 Å². The smallest absolute Gasteiger partial charge is 0.163 e. The maximum absolute atomic E-state index is 5.34. The van der Waals surface area contributed by atoms with Gasteiger partial charge in [0.15, 0.2) is 5.82 Å². The normalized spacial score (nSPS) is 10.4. The predicted molar refractivity (Wildman–Crippen MR) is 71.5 cm³/mol. The van der Waals surface area contributed by atoms with Gasteiger partial charge in [0.2, 0.25) is 0 Å². The third kappa shape index (κ3) is 2.65. The second-order valence-electron chi connectivity index (χ2n) is 4.05. The van der Waals surface area contributed by atoms with Gasteiger partial charge < -0.3 is 10.1 Å². The molecule has 0 fully saturated rings. The van der Waals surface area contributed by atoms with Gasteiger partial charge in [-0.2, -0.15) is 0 Å². The number of nitrogens with zero attached hydrogens (tertiary/aromatic N) is 2. The summed E-state index contributed by atoms with van der Waals surface area (Å²) in [5, 5.41) is 3.10. The molecule has 0 saturated heterocycles. The molecule has 1 aromatic carbocycles. The fourth-order valence-electron chi connectivity index (χ4n) is 1.86. The second-order valence-corrected chi connectivity index (χ2v) is 4.05. The third-order valence-corrected chi connectivity index (χ3v) is 2.61. The molecule has 0 aliphatic rings. The van der Waals surface area contributed by atoms with E-state index < -0.39 is 0 Å². The molecule has 0 bridgehead atoms. The van der Waals surface area contributed by atoms with Gasteiger partial charge in [-0.25, -0.2) is 9.97 Å². The van der Waals surface area contributed by atoms with Crippen LogP contribution in [0.4, 0.5) is 0 Å². The van der Waals surface area contributed by atoms with Crippen LogP contribution in [0.25, 0.3) is 11.4 Å². The van der Waals surface area contributed by atoms with Crippen molar-refractivity contribution < 1.29 is 4.74 Å².